The zero-order valence-corrected chi connectivity index (χ0v) is 7.89. The van der Waals surface area contributed by atoms with Gasteiger partial charge in [-0.15, -0.1) is 0 Å². The maximum atomic E-state index is 8.65. The van der Waals surface area contributed by atoms with Crippen LogP contribution < -0.4 is 7.52 Å². The van der Waals surface area contributed by atoms with Crippen LogP contribution in [0.3, 0.4) is 0 Å². The Labute approximate surface area is 67.9 Å². The maximum absolute atomic E-state index is 8.65. The fourth-order valence-corrected chi connectivity index (χ4v) is 0. The van der Waals surface area contributed by atoms with Crippen molar-refractivity contribution in [1.82, 2.24) is 0 Å². The molecule has 0 aliphatic rings. The van der Waals surface area contributed by atoms with Gasteiger partial charge in [0.25, 0.3) is 0 Å². The molecule has 6 heavy (non-hydrogen) atoms. The number of hydrogen-bond acceptors (Lipinski definition) is 4. The van der Waals surface area contributed by atoms with Crippen molar-refractivity contribution in [3.63, 3.8) is 0 Å². The van der Waals surface area contributed by atoms with E-state index in [-0.39, 0.29) is 37.7 Å². The topological polar surface area (TPSA) is 80.3 Å². The molecule has 0 atom stereocenters. The summed E-state index contributed by atoms with van der Waals surface area (Å²) in [5.41, 5.74) is 0. The zero-order chi connectivity index (χ0) is 4.50. The van der Waals surface area contributed by atoms with Crippen molar-refractivity contribution in [2.45, 2.75) is 0 Å². The second-order valence-electron chi connectivity index (χ2n) is 0.408. The fraction of sp³-hybridized carbons (Fsp3) is 0. The molecule has 0 aromatic rings. The van der Waals surface area contributed by atoms with Gasteiger partial charge in [-0.2, -0.15) is 0 Å². The van der Waals surface area contributed by atoms with E-state index in [9.17, 15) is 0 Å². The van der Waals surface area contributed by atoms with Crippen LogP contribution in [0.1, 0.15) is 0 Å². The molecule has 0 saturated heterocycles. The summed E-state index contributed by atoms with van der Waals surface area (Å²) in [6.45, 7) is 0. The molecule has 0 spiro atoms. The Morgan fingerprint density at radius 3 is 1.17 bits per heavy atom. The van der Waals surface area contributed by atoms with Gasteiger partial charge in [-0.25, -0.2) is 0 Å². The predicted octanol–water partition coefficient (Wildman–Crippen LogP) is -3.00. The van der Waals surface area contributed by atoms with Gasteiger partial charge in [0, 0.05) is 0 Å². The van der Waals surface area contributed by atoms with Crippen LogP contribution in [0.2, 0.25) is 0 Å². The first-order valence-electron chi connectivity index (χ1n) is 0.667. The molecule has 0 aromatic carbocycles. The summed E-state index contributed by atoms with van der Waals surface area (Å²) in [6.07, 6.45) is 0. The van der Waals surface area contributed by atoms with Crippen molar-refractivity contribution < 1.29 is 31.1 Å². The van der Waals surface area contributed by atoms with Crippen molar-refractivity contribution in [2.24, 2.45) is 0 Å². The van der Waals surface area contributed by atoms with Crippen molar-refractivity contribution in [1.29, 1.82) is 0 Å². The molecule has 0 rings (SSSR count). The minimum atomic E-state index is -6.17. The Hall–Kier alpha value is 1.47. The van der Waals surface area contributed by atoms with E-state index >= 15 is 0 Å². The Bertz CT molecular complexity index is 90.7. The van der Waals surface area contributed by atoms with Crippen LogP contribution in [-0.2, 0) is 23.5 Å². The van der Waals surface area contributed by atoms with Crippen LogP contribution >= 0.6 is 0 Å². The fourth-order valence-electron chi connectivity index (χ4n) is 0. The molecule has 6 heteroatoms. The molecule has 0 aromatic heterocycles. The summed E-state index contributed by atoms with van der Waals surface area (Å²) < 4.78 is 34.6. The van der Waals surface area contributed by atoms with E-state index in [0.29, 0.717) is 0 Å². The van der Waals surface area contributed by atoms with Gasteiger partial charge in [0.2, 0.25) is 0 Å². The molecule has 0 aliphatic carbocycles. The molecule has 0 N–H and O–H groups in total. The molecule has 0 saturated carbocycles. The van der Waals surface area contributed by atoms with Gasteiger partial charge in [0.1, 0.15) is 0 Å². The first kappa shape index (κ1) is 10.4. The van der Waals surface area contributed by atoms with Crippen LogP contribution in [-0.4, -0.2) is 37.7 Å². The van der Waals surface area contributed by atoms with Crippen LogP contribution in [0.4, 0.5) is 0 Å². The van der Waals surface area contributed by atoms with E-state index in [1.807, 2.05) is 0 Å². The zero-order valence-electron chi connectivity index (χ0n) is 2.75. The SMILES string of the molecule is [Ca+2].[O]=[W](=[O])([O-])[O-]. The predicted molar refractivity (Wildman–Crippen MR) is 7.13 cm³/mol. The second-order valence-corrected chi connectivity index (χ2v) is 3.34. The van der Waals surface area contributed by atoms with E-state index in [2.05, 4.69) is 0 Å². The molecule has 0 bridgehead atoms. The summed E-state index contributed by atoms with van der Waals surface area (Å²) in [5, 5.41) is 0. The van der Waals surface area contributed by atoms with Gasteiger partial charge in [0.15, 0.2) is 0 Å². The van der Waals surface area contributed by atoms with Gasteiger partial charge in [0.05, 0.1) is 0 Å². The van der Waals surface area contributed by atoms with Crippen LogP contribution in [0.15, 0.2) is 0 Å². The monoisotopic (exact) mass is 288 g/mol. The van der Waals surface area contributed by atoms with E-state index in [0.717, 1.165) is 0 Å². The average molecular weight is 288 g/mol. The van der Waals surface area contributed by atoms with Gasteiger partial charge < -0.3 is 0 Å². The molecule has 0 amide bonds. The first-order valence-corrected chi connectivity index (χ1v) is 5.46. The van der Waals surface area contributed by atoms with Crippen molar-refractivity contribution in [3.8, 4) is 0 Å². The van der Waals surface area contributed by atoms with E-state index in [1.165, 1.54) is 0 Å². The molecule has 0 aliphatic heterocycles. The molecule has 4 nitrogen and oxygen atoms in total. The van der Waals surface area contributed by atoms with Gasteiger partial charge >= 0.3 is 68.8 Å². The second kappa shape index (κ2) is 3.47. The van der Waals surface area contributed by atoms with Gasteiger partial charge in [-0.05, 0) is 0 Å². The summed E-state index contributed by atoms with van der Waals surface area (Å²) >= 11 is -6.17. The minimum absolute atomic E-state index is 0. The van der Waals surface area contributed by atoms with E-state index < -0.39 is 16.7 Å². The normalized spacial score (nSPS) is 9.67. The van der Waals surface area contributed by atoms with Crippen LogP contribution in [0.5, 0.6) is 0 Å². The third-order valence-electron chi connectivity index (χ3n) is 0. The number of hydrogen-bond donors (Lipinski definition) is 0. The summed E-state index contributed by atoms with van der Waals surface area (Å²) in [5.74, 6) is 0. The number of rotatable bonds is 0. The molecular weight excluding hydrogens is 288 g/mol. The Balaban J connectivity index is 0. The summed E-state index contributed by atoms with van der Waals surface area (Å²) in [4.78, 5) is 0. The third kappa shape index (κ3) is 50.7. The molecular formula is CaO4W. The van der Waals surface area contributed by atoms with Crippen molar-refractivity contribution in [3.05, 3.63) is 0 Å². The molecule has 0 heterocycles. The van der Waals surface area contributed by atoms with Crippen molar-refractivity contribution in [2.75, 3.05) is 0 Å². The van der Waals surface area contributed by atoms with E-state index in [4.69, 9.17) is 14.3 Å². The van der Waals surface area contributed by atoms with Gasteiger partial charge in [-0.3, -0.25) is 0 Å². The first-order chi connectivity index (χ1) is 2.00. The Morgan fingerprint density at radius 2 is 1.17 bits per heavy atom. The molecule has 0 unspecified atom stereocenters. The molecule has 32 valence electrons. The van der Waals surface area contributed by atoms with E-state index in [1.54, 1.807) is 0 Å². The quantitative estimate of drug-likeness (QED) is 0.445. The van der Waals surface area contributed by atoms with Crippen LogP contribution in [0.25, 0.3) is 0 Å². The molecule has 0 fully saturated rings. The molecule has 0 radical (unpaired) electrons. The summed E-state index contributed by atoms with van der Waals surface area (Å²) in [7, 11) is 0. The standard InChI is InChI=1S/Ca.4O.W/q+2;;;2*-1;. The van der Waals surface area contributed by atoms with Crippen molar-refractivity contribution >= 4 is 37.7 Å². The van der Waals surface area contributed by atoms with Gasteiger partial charge in [-0.1, -0.05) is 0 Å². The third-order valence-corrected chi connectivity index (χ3v) is 0. The Morgan fingerprint density at radius 1 is 1.17 bits per heavy atom. The van der Waals surface area contributed by atoms with Crippen LogP contribution in [0, 0.1) is 0 Å². The summed E-state index contributed by atoms with van der Waals surface area (Å²) in [6, 6.07) is 0. The Kier molecular flexibility index (Phi) is 6.04. The average Bonchev–Trinajstić information content (AvgIpc) is 0.722.